The molecule has 0 saturated carbocycles. The first kappa shape index (κ1) is 19.0. The van der Waals surface area contributed by atoms with E-state index in [0.717, 1.165) is 38.4 Å². The van der Waals surface area contributed by atoms with Gasteiger partial charge >= 0.3 is 5.97 Å². The van der Waals surface area contributed by atoms with E-state index in [2.05, 4.69) is 15.3 Å². The lowest BCUT2D eigenvalue weighted by atomic mass is 10.1. The molecule has 148 valence electrons. The smallest absolute Gasteiger partial charge is 0.328 e. The van der Waals surface area contributed by atoms with Gasteiger partial charge in [0.1, 0.15) is 17.0 Å². The number of carbonyl (C=O) groups is 2. The Labute approximate surface area is 170 Å². The molecule has 4 rings (SSSR count). The van der Waals surface area contributed by atoms with Crippen molar-refractivity contribution in [3.63, 3.8) is 0 Å². The van der Waals surface area contributed by atoms with Crippen molar-refractivity contribution in [3.8, 4) is 0 Å². The summed E-state index contributed by atoms with van der Waals surface area (Å²) in [5, 5.41) is 22.7. The lowest BCUT2D eigenvalue weighted by Crippen LogP contribution is -2.23. The molecule has 3 heterocycles. The van der Waals surface area contributed by atoms with Gasteiger partial charge in [-0.1, -0.05) is 30.3 Å². The van der Waals surface area contributed by atoms with E-state index in [1.165, 1.54) is 17.7 Å². The summed E-state index contributed by atoms with van der Waals surface area (Å²) in [6, 6.07) is 9.26. The minimum absolute atomic E-state index is 0.105. The van der Waals surface area contributed by atoms with E-state index in [9.17, 15) is 14.7 Å². The third-order valence-corrected chi connectivity index (χ3v) is 5.85. The van der Waals surface area contributed by atoms with E-state index in [4.69, 9.17) is 5.11 Å². The predicted octanol–water partition coefficient (Wildman–Crippen LogP) is 2.32. The first-order chi connectivity index (χ1) is 14.1. The molecule has 9 heteroatoms. The van der Waals surface area contributed by atoms with Crippen molar-refractivity contribution in [2.75, 3.05) is 11.9 Å². The van der Waals surface area contributed by atoms with Crippen molar-refractivity contribution >= 4 is 39.2 Å². The number of fused-ring (bicyclic) bond motifs is 3. The second-order valence-corrected chi connectivity index (χ2v) is 7.65. The lowest BCUT2D eigenvalue weighted by molar-refractivity contribution is -0.132. The highest BCUT2D eigenvalue weighted by Crippen LogP contribution is 2.40. The maximum absolute atomic E-state index is 12.2. The number of amides is 1. The van der Waals surface area contributed by atoms with Crippen LogP contribution in [0.5, 0.6) is 0 Å². The van der Waals surface area contributed by atoms with Crippen LogP contribution >= 0.6 is 11.3 Å². The predicted molar refractivity (Wildman–Crippen MR) is 108 cm³/mol. The number of rotatable bonds is 6. The number of nitrogens with zero attached hydrogens (tertiary/aromatic N) is 3. The summed E-state index contributed by atoms with van der Waals surface area (Å²) in [4.78, 5) is 35.0. The molecule has 0 unspecified atom stereocenters. The zero-order chi connectivity index (χ0) is 20.4. The molecule has 0 saturated heterocycles. The fourth-order valence-corrected chi connectivity index (χ4v) is 4.51. The molecule has 0 radical (unpaired) electrons. The van der Waals surface area contributed by atoms with Crippen LogP contribution in [0.25, 0.3) is 10.2 Å². The number of thiophene rings is 1. The summed E-state index contributed by atoms with van der Waals surface area (Å²) in [6.07, 6.45) is 3.39. The van der Waals surface area contributed by atoms with E-state index in [1.54, 1.807) is 4.90 Å². The Balaban J connectivity index is 1.64. The van der Waals surface area contributed by atoms with Crippen molar-refractivity contribution < 1.29 is 19.8 Å². The lowest BCUT2D eigenvalue weighted by Gasteiger charge is -2.18. The molecule has 8 nitrogen and oxygen atoms in total. The van der Waals surface area contributed by atoms with E-state index in [0.29, 0.717) is 18.9 Å². The average Bonchev–Trinajstić information content (AvgIpc) is 3.29. The Hall–Kier alpha value is -3.30. The molecule has 3 aromatic rings. The highest BCUT2D eigenvalue weighted by molar-refractivity contribution is 7.19. The van der Waals surface area contributed by atoms with Crippen LogP contribution in [0.4, 0.5) is 5.82 Å². The molecular weight excluding hydrogens is 392 g/mol. The second kappa shape index (κ2) is 7.98. The number of benzene rings is 1. The molecule has 1 atom stereocenters. The first-order valence-corrected chi connectivity index (χ1v) is 9.76. The van der Waals surface area contributed by atoms with E-state index in [1.807, 2.05) is 30.3 Å². The van der Waals surface area contributed by atoms with Gasteiger partial charge in [-0.2, -0.15) is 0 Å². The molecule has 3 N–H and O–H groups in total. The topological polar surface area (TPSA) is 116 Å². The van der Waals surface area contributed by atoms with Crippen molar-refractivity contribution in [1.29, 1.82) is 0 Å². The summed E-state index contributed by atoms with van der Waals surface area (Å²) >= 11 is 1.49. The number of carboxylic acids is 1. The Morgan fingerprint density at radius 3 is 2.72 bits per heavy atom. The van der Waals surface area contributed by atoms with Crippen molar-refractivity contribution in [2.45, 2.75) is 19.1 Å². The van der Waals surface area contributed by atoms with Crippen molar-refractivity contribution in [2.24, 2.45) is 0 Å². The Bertz CT molecular complexity index is 1100. The fraction of sp³-hybridized carbons (Fsp3) is 0.200. The van der Waals surface area contributed by atoms with Gasteiger partial charge in [0, 0.05) is 29.1 Å². The van der Waals surface area contributed by atoms with Crippen LogP contribution < -0.4 is 5.32 Å². The standard InChI is InChI=1S/C20H18N4O4S/c25-10-14(12-4-2-1-3-5-12)23-19-18-13-8-24(16(26)6-7-17(27)28)9-15(13)29-20(18)22-11-21-19/h1-7,11,14,25H,8-10H2,(H,27,28)(H,21,22,23)/t14-/m1/s1. The first-order valence-electron chi connectivity index (χ1n) is 8.94. The van der Waals surface area contributed by atoms with Gasteiger partial charge in [-0.3, -0.25) is 4.79 Å². The number of anilines is 1. The average molecular weight is 410 g/mol. The van der Waals surface area contributed by atoms with Gasteiger partial charge in [0.2, 0.25) is 5.91 Å². The van der Waals surface area contributed by atoms with Crippen LogP contribution in [0.2, 0.25) is 0 Å². The monoisotopic (exact) mass is 410 g/mol. The number of aliphatic hydroxyl groups excluding tert-OH is 1. The van der Waals surface area contributed by atoms with E-state index in [-0.39, 0.29) is 18.6 Å². The summed E-state index contributed by atoms with van der Waals surface area (Å²) in [7, 11) is 0. The minimum atomic E-state index is -1.16. The third kappa shape index (κ3) is 3.82. The maximum Gasteiger partial charge on any atom is 0.328 e. The Morgan fingerprint density at radius 1 is 1.21 bits per heavy atom. The molecule has 0 fully saturated rings. The van der Waals surface area contributed by atoms with Crippen molar-refractivity contribution in [3.05, 3.63) is 64.8 Å². The molecule has 1 amide bonds. The zero-order valence-electron chi connectivity index (χ0n) is 15.3. The number of carboxylic acid groups (broad SMARTS) is 1. The van der Waals surface area contributed by atoms with Crippen LogP contribution in [-0.4, -0.2) is 43.6 Å². The summed E-state index contributed by atoms with van der Waals surface area (Å²) < 4.78 is 0. The van der Waals surface area contributed by atoms with E-state index < -0.39 is 5.97 Å². The van der Waals surface area contributed by atoms with Gasteiger partial charge in [0.05, 0.1) is 24.6 Å². The number of aliphatic hydroxyl groups is 1. The molecule has 0 aliphatic carbocycles. The minimum Gasteiger partial charge on any atom is -0.478 e. The number of nitrogens with one attached hydrogen (secondary N) is 1. The molecule has 0 bridgehead atoms. The van der Waals surface area contributed by atoms with Gasteiger partial charge in [-0.25, -0.2) is 14.8 Å². The third-order valence-electron chi connectivity index (χ3n) is 4.73. The number of aromatic nitrogens is 2. The second-order valence-electron chi connectivity index (χ2n) is 6.56. The number of carbonyl (C=O) groups excluding carboxylic acids is 1. The summed E-state index contributed by atoms with van der Waals surface area (Å²) in [5.74, 6) is -0.910. The van der Waals surface area contributed by atoms with Crippen molar-refractivity contribution in [1.82, 2.24) is 14.9 Å². The van der Waals surface area contributed by atoms with Crippen LogP contribution in [0.1, 0.15) is 22.0 Å². The van der Waals surface area contributed by atoms with Crippen LogP contribution in [0, 0.1) is 0 Å². The summed E-state index contributed by atoms with van der Waals surface area (Å²) in [5.41, 5.74) is 1.89. The van der Waals surface area contributed by atoms with Crippen LogP contribution in [0.15, 0.2) is 48.8 Å². The molecule has 1 aromatic carbocycles. The quantitative estimate of drug-likeness (QED) is 0.534. The maximum atomic E-state index is 12.2. The van der Waals surface area contributed by atoms with Gasteiger partial charge in [-0.15, -0.1) is 11.3 Å². The highest BCUT2D eigenvalue weighted by atomic mass is 32.1. The van der Waals surface area contributed by atoms with E-state index >= 15 is 0 Å². The molecule has 1 aliphatic rings. The molecule has 0 spiro atoms. The highest BCUT2D eigenvalue weighted by Gasteiger charge is 2.29. The van der Waals surface area contributed by atoms with Crippen LogP contribution in [0.3, 0.4) is 0 Å². The SMILES string of the molecule is O=C(O)C=CC(=O)N1Cc2sc3ncnc(N[C@H](CO)c4ccccc4)c3c2C1. The number of aliphatic carboxylic acids is 1. The molecular formula is C20H18N4O4S. The van der Waals surface area contributed by atoms with Crippen LogP contribution in [-0.2, 0) is 22.7 Å². The Kier molecular flexibility index (Phi) is 5.24. The summed E-state index contributed by atoms with van der Waals surface area (Å²) in [6.45, 7) is 0.655. The molecule has 1 aliphatic heterocycles. The van der Waals surface area contributed by atoms with Gasteiger partial charge in [-0.05, 0) is 5.56 Å². The van der Waals surface area contributed by atoms with Gasteiger partial charge in [0.25, 0.3) is 0 Å². The Morgan fingerprint density at radius 2 is 2.00 bits per heavy atom. The number of hydrogen-bond acceptors (Lipinski definition) is 7. The molecule has 29 heavy (non-hydrogen) atoms. The largest absolute Gasteiger partial charge is 0.478 e. The zero-order valence-corrected chi connectivity index (χ0v) is 16.1. The fourth-order valence-electron chi connectivity index (χ4n) is 3.35. The normalized spacial score (nSPS) is 14.3. The van der Waals surface area contributed by atoms with Gasteiger partial charge < -0.3 is 20.4 Å². The molecule has 2 aromatic heterocycles. The number of hydrogen-bond donors (Lipinski definition) is 3. The van der Waals surface area contributed by atoms with Gasteiger partial charge in [0.15, 0.2) is 0 Å².